The van der Waals surface area contributed by atoms with Gasteiger partial charge < -0.3 is 5.11 Å². The predicted octanol–water partition coefficient (Wildman–Crippen LogP) is 2.85. The van der Waals surface area contributed by atoms with Gasteiger partial charge in [0.05, 0.1) is 6.42 Å². The Kier molecular flexibility index (Phi) is 3.84. The van der Waals surface area contributed by atoms with Crippen LogP contribution < -0.4 is 0 Å². The van der Waals surface area contributed by atoms with Crippen LogP contribution in [0, 0.1) is 5.92 Å². The number of benzene rings is 1. The molecule has 1 aliphatic rings. The molecule has 0 radical (unpaired) electrons. The summed E-state index contributed by atoms with van der Waals surface area (Å²) < 4.78 is 0. The molecule has 0 bridgehead atoms. The van der Waals surface area contributed by atoms with E-state index in [0.717, 1.165) is 23.3 Å². The molecule has 4 heteroatoms. The Balaban J connectivity index is 1.88. The smallest absolute Gasteiger partial charge is 0.304 e. The van der Waals surface area contributed by atoms with Crippen molar-refractivity contribution in [2.24, 2.45) is 5.92 Å². The third-order valence-corrected chi connectivity index (χ3v) is 3.69. The van der Waals surface area contributed by atoms with Crippen molar-refractivity contribution in [1.29, 1.82) is 0 Å². The standard InChI is InChI=1S/C13H14O3S/c14-12(15)7-8-17-11-5-3-10(4-6-11)13(16)9-1-2-9/h3-6,9H,1-2,7-8H2,(H,14,15). The molecule has 0 aliphatic heterocycles. The van der Waals surface area contributed by atoms with E-state index in [1.807, 2.05) is 24.3 Å². The Bertz CT molecular complexity index is 421. The van der Waals surface area contributed by atoms with E-state index in [1.165, 1.54) is 11.8 Å². The highest BCUT2D eigenvalue weighted by molar-refractivity contribution is 7.99. The number of aliphatic carboxylic acids is 1. The summed E-state index contributed by atoms with van der Waals surface area (Å²) in [4.78, 5) is 23.1. The number of carboxylic acids is 1. The van der Waals surface area contributed by atoms with Gasteiger partial charge in [-0.15, -0.1) is 11.8 Å². The largest absolute Gasteiger partial charge is 0.481 e. The molecule has 1 fully saturated rings. The van der Waals surface area contributed by atoms with Crippen LogP contribution in [-0.4, -0.2) is 22.6 Å². The summed E-state index contributed by atoms with van der Waals surface area (Å²) in [6, 6.07) is 7.46. The van der Waals surface area contributed by atoms with E-state index in [9.17, 15) is 9.59 Å². The second-order valence-electron chi connectivity index (χ2n) is 4.16. The zero-order valence-electron chi connectivity index (χ0n) is 9.39. The first kappa shape index (κ1) is 12.2. The van der Waals surface area contributed by atoms with Crippen molar-refractivity contribution in [1.82, 2.24) is 0 Å². The van der Waals surface area contributed by atoms with E-state index in [4.69, 9.17) is 5.11 Å². The predicted molar refractivity (Wildman–Crippen MR) is 66.5 cm³/mol. The lowest BCUT2D eigenvalue weighted by Gasteiger charge is -2.02. The van der Waals surface area contributed by atoms with E-state index in [-0.39, 0.29) is 18.1 Å². The normalized spacial score (nSPS) is 14.6. The molecular formula is C13H14O3S. The molecule has 1 aromatic rings. The molecule has 1 N–H and O–H groups in total. The molecule has 1 aliphatic carbocycles. The van der Waals surface area contributed by atoms with Crippen LogP contribution in [0.3, 0.4) is 0 Å². The fourth-order valence-electron chi connectivity index (χ4n) is 1.55. The Morgan fingerprint density at radius 2 is 1.88 bits per heavy atom. The minimum atomic E-state index is -0.780. The van der Waals surface area contributed by atoms with E-state index in [0.29, 0.717) is 5.75 Å². The van der Waals surface area contributed by atoms with Gasteiger partial charge in [-0.1, -0.05) is 12.1 Å². The van der Waals surface area contributed by atoms with E-state index in [2.05, 4.69) is 0 Å². The van der Waals surface area contributed by atoms with Crippen LogP contribution in [-0.2, 0) is 4.79 Å². The summed E-state index contributed by atoms with van der Waals surface area (Å²) in [7, 11) is 0. The number of Topliss-reactive ketones (excluding diaryl/α,β-unsaturated/α-hetero) is 1. The van der Waals surface area contributed by atoms with Crippen molar-refractivity contribution in [2.45, 2.75) is 24.2 Å². The zero-order chi connectivity index (χ0) is 12.3. The Morgan fingerprint density at radius 3 is 2.41 bits per heavy atom. The lowest BCUT2D eigenvalue weighted by Crippen LogP contribution is -2.00. The molecule has 0 saturated heterocycles. The molecule has 0 atom stereocenters. The molecule has 0 unspecified atom stereocenters. The van der Waals surface area contributed by atoms with Gasteiger partial charge in [0.1, 0.15) is 0 Å². The number of carbonyl (C=O) groups is 2. The Labute approximate surface area is 104 Å². The van der Waals surface area contributed by atoms with E-state index >= 15 is 0 Å². The maximum Gasteiger partial charge on any atom is 0.304 e. The lowest BCUT2D eigenvalue weighted by atomic mass is 10.1. The van der Waals surface area contributed by atoms with Crippen LogP contribution in [0.1, 0.15) is 29.6 Å². The molecule has 0 aromatic heterocycles. The molecule has 0 heterocycles. The first-order chi connectivity index (χ1) is 8.16. The second-order valence-corrected chi connectivity index (χ2v) is 5.32. The number of carboxylic acid groups (broad SMARTS) is 1. The number of carbonyl (C=O) groups excluding carboxylic acids is 1. The van der Waals surface area contributed by atoms with Gasteiger partial charge in [0.2, 0.25) is 0 Å². The van der Waals surface area contributed by atoms with Gasteiger partial charge >= 0.3 is 5.97 Å². The van der Waals surface area contributed by atoms with Crippen LogP contribution >= 0.6 is 11.8 Å². The van der Waals surface area contributed by atoms with Gasteiger partial charge in [-0.05, 0) is 25.0 Å². The van der Waals surface area contributed by atoms with Crippen molar-refractivity contribution in [2.75, 3.05) is 5.75 Å². The van der Waals surface area contributed by atoms with Crippen LogP contribution in [0.15, 0.2) is 29.2 Å². The summed E-state index contributed by atoms with van der Waals surface area (Å²) in [6.45, 7) is 0. The summed E-state index contributed by atoms with van der Waals surface area (Å²) in [6.07, 6.45) is 2.20. The highest BCUT2D eigenvalue weighted by Crippen LogP contribution is 2.33. The van der Waals surface area contributed by atoms with Gasteiger partial charge in [-0.2, -0.15) is 0 Å². The number of ketones is 1. The molecule has 0 amide bonds. The molecular weight excluding hydrogens is 236 g/mol. The maximum absolute atomic E-state index is 11.7. The number of rotatable bonds is 6. The average molecular weight is 250 g/mol. The number of hydrogen-bond acceptors (Lipinski definition) is 3. The monoisotopic (exact) mass is 250 g/mol. The van der Waals surface area contributed by atoms with Crippen molar-refractivity contribution < 1.29 is 14.7 Å². The van der Waals surface area contributed by atoms with Crippen LogP contribution in [0.4, 0.5) is 0 Å². The SMILES string of the molecule is O=C(O)CCSc1ccc(C(=O)C2CC2)cc1. The van der Waals surface area contributed by atoms with Crippen molar-refractivity contribution in [3.8, 4) is 0 Å². The highest BCUT2D eigenvalue weighted by atomic mass is 32.2. The third-order valence-electron chi connectivity index (χ3n) is 2.67. The Morgan fingerprint density at radius 1 is 1.24 bits per heavy atom. The fourth-order valence-corrected chi connectivity index (χ4v) is 2.39. The quantitative estimate of drug-likeness (QED) is 0.623. The fraction of sp³-hybridized carbons (Fsp3) is 0.385. The molecule has 2 rings (SSSR count). The summed E-state index contributed by atoms with van der Waals surface area (Å²) in [5.74, 6) is 0.274. The first-order valence-corrected chi connectivity index (χ1v) is 6.64. The summed E-state index contributed by atoms with van der Waals surface area (Å²) >= 11 is 1.50. The molecule has 17 heavy (non-hydrogen) atoms. The third kappa shape index (κ3) is 3.60. The van der Waals surface area contributed by atoms with Crippen LogP contribution in [0.5, 0.6) is 0 Å². The first-order valence-electron chi connectivity index (χ1n) is 5.65. The minimum absolute atomic E-state index is 0.160. The van der Waals surface area contributed by atoms with Gasteiger partial charge in [-0.25, -0.2) is 0 Å². The van der Waals surface area contributed by atoms with E-state index in [1.54, 1.807) is 0 Å². The summed E-state index contributed by atoms with van der Waals surface area (Å²) in [5, 5.41) is 8.52. The van der Waals surface area contributed by atoms with Crippen LogP contribution in [0.2, 0.25) is 0 Å². The molecule has 1 saturated carbocycles. The maximum atomic E-state index is 11.7. The zero-order valence-corrected chi connectivity index (χ0v) is 10.2. The van der Waals surface area contributed by atoms with Gasteiger partial charge in [-0.3, -0.25) is 9.59 Å². The second kappa shape index (κ2) is 5.36. The Hall–Kier alpha value is -1.29. The van der Waals surface area contributed by atoms with Crippen LogP contribution in [0.25, 0.3) is 0 Å². The van der Waals surface area contributed by atoms with Crippen molar-refractivity contribution >= 4 is 23.5 Å². The lowest BCUT2D eigenvalue weighted by molar-refractivity contribution is -0.136. The molecule has 0 spiro atoms. The molecule has 1 aromatic carbocycles. The van der Waals surface area contributed by atoms with Crippen molar-refractivity contribution in [3.63, 3.8) is 0 Å². The highest BCUT2D eigenvalue weighted by Gasteiger charge is 2.30. The van der Waals surface area contributed by atoms with Gasteiger partial charge in [0.25, 0.3) is 0 Å². The molecule has 3 nitrogen and oxygen atoms in total. The minimum Gasteiger partial charge on any atom is -0.481 e. The topological polar surface area (TPSA) is 54.4 Å². The van der Waals surface area contributed by atoms with Gasteiger partial charge in [0, 0.05) is 22.1 Å². The average Bonchev–Trinajstić information content (AvgIpc) is 3.12. The van der Waals surface area contributed by atoms with Gasteiger partial charge in [0.15, 0.2) is 5.78 Å². The number of thioether (sulfide) groups is 1. The molecule has 90 valence electrons. The van der Waals surface area contributed by atoms with E-state index < -0.39 is 5.97 Å². The van der Waals surface area contributed by atoms with Crippen molar-refractivity contribution in [3.05, 3.63) is 29.8 Å². The summed E-state index contributed by atoms with van der Waals surface area (Å²) in [5.41, 5.74) is 0.773. The number of hydrogen-bond donors (Lipinski definition) is 1.